The molecular weight excluding hydrogens is 230 g/mol. The van der Waals surface area contributed by atoms with Crippen molar-refractivity contribution < 1.29 is 9.90 Å². The normalized spacial score (nSPS) is 18.7. The number of aryl methyl sites for hydroxylation is 1. The highest BCUT2D eigenvalue weighted by Crippen LogP contribution is 2.24. The van der Waals surface area contributed by atoms with Crippen LogP contribution in [0.15, 0.2) is 0 Å². The number of carboxylic acids is 1. The standard InChI is InChI=1S/C13H21N3O2/c1-8-9(2)15-16(10(8)3)7-13(4,12(17)18)14-11-5-6-11/h11,14H,5-7H2,1-4H3,(H,17,18). The third-order valence-electron chi connectivity index (χ3n) is 3.78. The second kappa shape index (κ2) is 4.39. The Hall–Kier alpha value is -1.36. The Bertz CT molecular complexity index is 477. The molecule has 1 saturated carbocycles. The molecule has 5 nitrogen and oxygen atoms in total. The summed E-state index contributed by atoms with van der Waals surface area (Å²) >= 11 is 0. The first-order valence-corrected chi connectivity index (χ1v) is 6.35. The number of aliphatic carboxylic acids is 1. The van der Waals surface area contributed by atoms with Crippen molar-refractivity contribution >= 4 is 5.97 Å². The van der Waals surface area contributed by atoms with E-state index in [1.807, 2.05) is 20.8 Å². The topological polar surface area (TPSA) is 67.2 Å². The Morgan fingerprint density at radius 3 is 2.50 bits per heavy atom. The molecule has 0 aromatic carbocycles. The fourth-order valence-electron chi connectivity index (χ4n) is 2.09. The van der Waals surface area contributed by atoms with Gasteiger partial charge in [-0.2, -0.15) is 5.10 Å². The molecule has 0 saturated heterocycles. The molecule has 0 spiro atoms. The van der Waals surface area contributed by atoms with Gasteiger partial charge in [-0.15, -0.1) is 0 Å². The molecule has 0 amide bonds. The lowest BCUT2D eigenvalue weighted by molar-refractivity contribution is -0.145. The van der Waals surface area contributed by atoms with Crippen LogP contribution >= 0.6 is 0 Å². The smallest absolute Gasteiger partial charge is 0.325 e. The van der Waals surface area contributed by atoms with Crippen LogP contribution < -0.4 is 5.32 Å². The van der Waals surface area contributed by atoms with Gasteiger partial charge in [0.15, 0.2) is 0 Å². The first-order valence-electron chi connectivity index (χ1n) is 6.35. The Morgan fingerprint density at radius 2 is 2.11 bits per heavy atom. The van der Waals surface area contributed by atoms with E-state index >= 15 is 0 Å². The highest BCUT2D eigenvalue weighted by Gasteiger charge is 2.39. The van der Waals surface area contributed by atoms with Crippen molar-refractivity contribution in [1.29, 1.82) is 0 Å². The molecule has 100 valence electrons. The molecule has 1 atom stereocenters. The molecule has 1 fully saturated rings. The van der Waals surface area contributed by atoms with Crippen molar-refractivity contribution in [2.75, 3.05) is 0 Å². The van der Waals surface area contributed by atoms with Crippen molar-refractivity contribution in [3.63, 3.8) is 0 Å². The van der Waals surface area contributed by atoms with Crippen LogP contribution in [0.5, 0.6) is 0 Å². The SMILES string of the molecule is Cc1nn(CC(C)(NC2CC2)C(=O)O)c(C)c1C. The summed E-state index contributed by atoms with van der Waals surface area (Å²) in [6.45, 7) is 8.04. The van der Waals surface area contributed by atoms with Gasteiger partial charge in [-0.3, -0.25) is 14.8 Å². The fraction of sp³-hybridized carbons (Fsp3) is 0.692. The third-order valence-corrected chi connectivity index (χ3v) is 3.78. The van der Waals surface area contributed by atoms with Crippen LogP contribution in [-0.4, -0.2) is 32.4 Å². The molecule has 0 bridgehead atoms. The van der Waals surface area contributed by atoms with Gasteiger partial charge in [0.05, 0.1) is 12.2 Å². The number of hydrogen-bond acceptors (Lipinski definition) is 3. The maximum absolute atomic E-state index is 11.5. The Balaban J connectivity index is 2.22. The minimum atomic E-state index is -0.948. The van der Waals surface area contributed by atoms with E-state index in [1.165, 1.54) is 0 Å². The first-order chi connectivity index (χ1) is 8.33. The van der Waals surface area contributed by atoms with E-state index in [0.717, 1.165) is 29.8 Å². The minimum Gasteiger partial charge on any atom is -0.480 e. The van der Waals surface area contributed by atoms with E-state index < -0.39 is 11.5 Å². The number of nitrogens with one attached hydrogen (secondary N) is 1. The largest absolute Gasteiger partial charge is 0.480 e. The molecule has 0 radical (unpaired) electrons. The minimum absolute atomic E-state index is 0.351. The van der Waals surface area contributed by atoms with Gasteiger partial charge in [0.25, 0.3) is 0 Å². The molecule has 1 aromatic rings. The van der Waals surface area contributed by atoms with Gasteiger partial charge in [0, 0.05) is 11.7 Å². The zero-order chi connectivity index (χ0) is 13.5. The van der Waals surface area contributed by atoms with Crippen molar-refractivity contribution in [1.82, 2.24) is 15.1 Å². The van der Waals surface area contributed by atoms with Crippen LogP contribution in [0.1, 0.15) is 36.7 Å². The van der Waals surface area contributed by atoms with Crippen LogP contribution in [0.2, 0.25) is 0 Å². The van der Waals surface area contributed by atoms with E-state index in [9.17, 15) is 9.90 Å². The summed E-state index contributed by atoms with van der Waals surface area (Å²) < 4.78 is 1.80. The number of nitrogens with zero attached hydrogens (tertiary/aromatic N) is 2. The number of aromatic nitrogens is 2. The summed E-state index contributed by atoms with van der Waals surface area (Å²) in [5.74, 6) is -0.820. The van der Waals surface area contributed by atoms with E-state index in [-0.39, 0.29) is 0 Å². The molecule has 2 rings (SSSR count). The van der Waals surface area contributed by atoms with Gasteiger partial charge in [0.2, 0.25) is 0 Å². The Morgan fingerprint density at radius 1 is 1.50 bits per heavy atom. The van der Waals surface area contributed by atoms with Crippen LogP contribution in [0, 0.1) is 20.8 Å². The monoisotopic (exact) mass is 251 g/mol. The lowest BCUT2D eigenvalue weighted by Crippen LogP contribution is -2.53. The van der Waals surface area contributed by atoms with Crippen molar-refractivity contribution in [2.24, 2.45) is 0 Å². The van der Waals surface area contributed by atoms with Gasteiger partial charge in [-0.25, -0.2) is 0 Å². The maximum atomic E-state index is 11.5. The molecule has 2 N–H and O–H groups in total. The molecule has 1 unspecified atom stereocenters. The summed E-state index contributed by atoms with van der Waals surface area (Å²) in [7, 11) is 0. The zero-order valence-corrected chi connectivity index (χ0v) is 11.4. The van der Waals surface area contributed by atoms with E-state index in [0.29, 0.717) is 12.6 Å². The van der Waals surface area contributed by atoms with E-state index in [2.05, 4.69) is 10.4 Å². The molecule has 1 heterocycles. The van der Waals surface area contributed by atoms with Crippen molar-refractivity contribution in [2.45, 2.75) is 58.7 Å². The van der Waals surface area contributed by atoms with Crippen LogP contribution in [-0.2, 0) is 11.3 Å². The molecule has 1 aromatic heterocycles. The van der Waals surface area contributed by atoms with Gasteiger partial charge in [0.1, 0.15) is 5.54 Å². The summed E-state index contributed by atoms with van der Waals surface area (Å²) in [5.41, 5.74) is 2.19. The summed E-state index contributed by atoms with van der Waals surface area (Å²) in [5, 5.41) is 17.1. The highest BCUT2D eigenvalue weighted by atomic mass is 16.4. The second-order valence-corrected chi connectivity index (χ2v) is 5.51. The van der Waals surface area contributed by atoms with Gasteiger partial charge in [-0.05, 0) is 46.1 Å². The third kappa shape index (κ3) is 2.41. The van der Waals surface area contributed by atoms with E-state index in [1.54, 1.807) is 11.6 Å². The van der Waals surface area contributed by atoms with Gasteiger partial charge >= 0.3 is 5.97 Å². The van der Waals surface area contributed by atoms with Crippen LogP contribution in [0.4, 0.5) is 0 Å². The maximum Gasteiger partial charge on any atom is 0.325 e. The number of hydrogen-bond donors (Lipinski definition) is 2. The molecule has 1 aliphatic carbocycles. The van der Waals surface area contributed by atoms with Crippen molar-refractivity contribution in [3.05, 3.63) is 17.0 Å². The molecule has 0 aliphatic heterocycles. The first kappa shape index (κ1) is 13.1. The number of carboxylic acid groups (broad SMARTS) is 1. The Kier molecular flexibility index (Phi) is 3.19. The molecule has 1 aliphatic rings. The predicted octanol–water partition coefficient (Wildman–Crippen LogP) is 1.40. The van der Waals surface area contributed by atoms with Crippen LogP contribution in [0.25, 0.3) is 0 Å². The lowest BCUT2D eigenvalue weighted by atomic mass is 10.0. The van der Waals surface area contributed by atoms with Crippen molar-refractivity contribution in [3.8, 4) is 0 Å². The van der Waals surface area contributed by atoms with E-state index in [4.69, 9.17) is 0 Å². The lowest BCUT2D eigenvalue weighted by Gasteiger charge is -2.27. The summed E-state index contributed by atoms with van der Waals surface area (Å²) in [4.78, 5) is 11.5. The summed E-state index contributed by atoms with van der Waals surface area (Å²) in [6, 6.07) is 0.351. The fourth-order valence-corrected chi connectivity index (χ4v) is 2.09. The molecule has 5 heteroatoms. The van der Waals surface area contributed by atoms with Crippen LogP contribution in [0.3, 0.4) is 0 Å². The van der Waals surface area contributed by atoms with Gasteiger partial charge < -0.3 is 5.11 Å². The Labute approximate surface area is 107 Å². The number of carbonyl (C=O) groups is 1. The summed E-state index contributed by atoms with van der Waals surface area (Å²) in [6.07, 6.45) is 2.14. The second-order valence-electron chi connectivity index (χ2n) is 5.51. The number of rotatable bonds is 5. The molecular formula is C13H21N3O2. The highest BCUT2D eigenvalue weighted by molar-refractivity contribution is 5.78. The van der Waals surface area contributed by atoms with Gasteiger partial charge in [-0.1, -0.05) is 0 Å². The average Bonchev–Trinajstić information content (AvgIpc) is 3.05. The molecule has 18 heavy (non-hydrogen) atoms. The predicted molar refractivity (Wildman–Crippen MR) is 68.6 cm³/mol. The quantitative estimate of drug-likeness (QED) is 0.830. The zero-order valence-electron chi connectivity index (χ0n) is 11.4. The average molecular weight is 251 g/mol.